The van der Waals surface area contributed by atoms with E-state index < -0.39 is 14.9 Å². The Labute approximate surface area is 206 Å². The summed E-state index contributed by atoms with van der Waals surface area (Å²) in [6.45, 7) is 1.88. The molecule has 32 heavy (non-hydrogen) atoms. The largest absolute Gasteiger partial charge is 0.454 e. The molecule has 1 aromatic heterocycles. The van der Waals surface area contributed by atoms with Gasteiger partial charge in [0.2, 0.25) is 0 Å². The number of hydrogen-bond acceptors (Lipinski definition) is 5. The lowest BCUT2D eigenvalue weighted by Crippen LogP contribution is -2.11. The molecule has 164 valence electrons. The van der Waals surface area contributed by atoms with E-state index in [1.54, 1.807) is 42.5 Å². The number of nitrogens with zero attached hydrogens (tertiary/aromatic N) is 2. The van der Waals surface area contributed by atoms with Gasteiger partial charge in [-0.25, -0.2) is 12.4 Å². The van der Waals surface area contributed by atoms with E-state index in [0.29, 0.717) is 20.2 Å². The standard InChI is InChI=1S/C21H13Cl2IN2O5S/c1-12-2-5-15(6-3-12)32(29,30)25-11-19(24)16-10-14(4-7-20(16)25)31-21-17(22)8-13(26(27)28)9-18(21)23/h2-11H,1H3. The molecule has 0 unspecified atom stereocenters. The van der Waals surface area contributed by atoms with Crippen LogP contribution >= 0.6 is 45.8 Å². The molecule has 0 aliphatic rings. The number of hydrogen-bond donors (Lipinski definition) is 0. The lowest BCUT2D eigenvalue weighted by molar-refractivity contribution is -0.384. The molecular formula is C21H13Cl2IN2O5S. The normalized spacial score (nSPS) is 11.6. The monoisotopic (exact) mass is 602 g/mol. The minimum absolute atomic E-state index is 0.0153. The van der Waals surface area contributed by atoms with Crippen molar-refractivity contribution in [1.29, 1.82) is 0 Å². The summed E-state index contributed by atoms with van der Waals surface area (Å²) in [6, 6.07) is 13.8. The lowest BCUT2D eigenvalue weighted by Gasteiger charge is -2.11. The zero-order valence-electron chi connectivity index (χ0n) is 16.3. The van der Waals surface area contributed by atoms with Gasteiger partial charge >= 0.3 is 0 Å². The summed E-state index contributed by atoms with van der Waals surface area (Å²) < 4.78 is 34.0. The van der Waals surface area contributed by atoms with Crippen LogP contribution in [0, 0.1) is 20.6 Å². The van der Waals surface area contributed by atoms with Crippen LogP contribution in [0.1, 0.15) is 5.56 Å². The molecule has 0 saturated carbocycles. The van der Waals surface area contributed by atoms with Gasteiger partial charge < -0.3 is 4.74 Å². The van der Waals surface area contributed by atoms with Gasteiger partial charge in [-0.1, -0.05) is 40.9 Å². The second-order valence-electron chi connectivity index (χ2n) is 6.87. The summed E-state index contributed by atoms with van der Waals surface area (Å²) in [5, 5.41) is 11.6. The smallest absolute Gasteiger partial charge is 0.272 e. The number of rotatable bonds is 5. The van der Waals surface area contributed by atoms with Gasteiger partial charge in [0.1, 0.15) is 5.75 Å². The van der Waals surface area contributed by atoms with Crippen molar-refractivity contribution in [1.82, 2.24) is 3.97 Å². The van der Waals surface area contributed by atoms with Gasteiger partial charge in [0.05, 0.1) is 25.4 Å². The number of fused-ring (bicyclic) bond motifs is 1. The maximum absolute atomic E-state index is 13.2. The first-order valence-electron chi connectivity index (χ1n) is 9.02. The SMILES string of the molecule is Cc1ccc(S(=O)(=O)n2cc(I)c3cc(Oc4c(Cl)cc([N+](=O)[O-])cc4Cl)ccc32)cc1. The second-order valence-corrected chi connectivity index (χ2v) is 10.7. The molecule has 4 rings (SSSR count). The number of halogens is 3. The molecule has 11 heteroatoms. The number of non-ortho nitro benzene ring substituents is 1. The molecule has 0 fully saturated rings. The van der Waals surface area contributed by atoms with Gasteiger partial charge in [0, 0.05) is 27.3 Å². The van der Waals surface area contributed by atoms with Gasteiger partial charge in [-0.2, -0.15) is 0 Å². The number of benzene rings is 3. The molecule has 0 amide bonds. The Hall–Kier alpha value is -2.34. The van der Waals surface area contributed by atoms with E-state index in [2.05, 4.69) is 0 Å². The van der Waals surface area contributed by atoms with E-state index in [1.165, 1.54) is 10.2 Å². The van der Waals surface area contributed by atoms with Gasteiger partial charge in [0.25, 0.3) is 15.7 Å². The van der Waals surface area contributed by atoms with Crippen LogP contribution in [-0.4, -0.2) is 17.3 Å². The number of aryl methyl sites for hydroxylation is 1. The molecule has 0 spiro atoms. The van der Waals surface area contributed by atoms with Crippen LogP contribution in [0.15, 0.2) is 65.7 Å². The highest BCUT2D eigenvalue weighted by molar-refractivity contribution is 14.1. The molecule has 3 aromatic carbocycles. The molecule has 1 heterocycles. The lowest BCUT2D eigenvalue weighted by atomic mass is 10.2. The number of nitro benzene ring substituents is 1. The fourth-order valence-electron chi connectivity index (χ4n) is 3.09. The summed E-state index contributed by atoms with van der Waals surface area (Å²) in [5.74, 6) is 0.415. The van der Waals surface area contributed by atoms with Gasteiger partial charge in [0.15, 0.2) is 5.75 Å². The summed E-state index contributed by atoms with van der Waals surface area (Å²) >= 11 is 14.3. The Bertz CT molecular complexity index is 1460. The zero-order valence-corrected chi connectivity index (χ0v) is 20.7. The molecule has 0 atom stereocenters. The second kappa shape index (κ2) is 8.54. The third-order valence-corrected chi connectivity index (χ3v) is 7.79. The molecule has 0 bridgehead atoms. The van der Waals surface area contributed by atoms with Crippen LogP contribution in [0.25, 0.3) is 10.9 Å². The van der Waals surface area contributed by atoms with Gasteiger partial charge in [-0.15, -0.1) is 0 Å². The highest BCUT2D eigenvalue weighted by Crippen LogP contribution is 2.40. The third kappa shape index (κ3) is 4.17. The molecular weight excluding hydrogens is 590 g/mol. The predicted octanol–water partition coefficient (Wildman–Crippen LogP) is 6.80. The maximum atomic E-state index is 13.2. The fraction of sp³-hybridized carbons (Fsp3) is 0.0476. The first kappa shape index (κ1) is 22.8. The fourth-order valence-corrected chi connectivity index (χ4v) is 5.92. The number of nitro groups is 1. The van der Waals surface area contributed by atoms with Crippen molar-refractivity contribution in [2.24, 2.45) is 0 Å². The Kier molecular flexibility index (Phi) is 6.10. The highest BCUT2D eigenvalue weighted by atomic mass is 127. The van der Waals surface area contributed by atoms with Crippen LogP contribution in [0.2, 0.25) is 10.0 Å². The first-order valence-corrected chi connectivity index (χ1v) is 12.3. The Morgan fingerprint density at radius 1 is 1.03 bits per heavy atom. The molecule has 7 nitrogen and oxygen atoms in total. The predicted molar refractivity (Wildman–Crippen MR) is 132 cm³/mol. The van der Waals surface area contributed by atoms with E-state index >= 15 is 0 Å². The van der Waals surface area contributed by atoms with Crippen molar-refractivity contribution in [2.75, 3.05) is 0 Å². The molecule has 0 aliphatic heterocycles. The zero-order chi connectivity index (χ0) is 23.2. The van der Waals surface area contributed by atoms with Gasteiger partial charge in [-0.3, -0.25) is 10.1 Å². The van der Waals surface area contributed by atoms with Crippen LogP contribution in [0.5, 0.6) is 11.5 Å². The van der Waals surface area contributed by atoms with E-state index in [4.69, 9.17) is 27.9 Å². The van der Waals surface area contributed by atoms with E-state index in [9.17, 15) is 18.5 Å². The van der Waals surface area contributed by atoms with E-state index in [0.717, 1.165) is 17.7 Å². The summed E-state index contributed by atoms with van der Waals surface area (Å²) in [5.41, 5.74) is 1.18. The van der Waals surface area contributed by atoms with Gasteiger partial charge in [-0.05, 0) is 59.8 Å². The van der Waals surface area contributed by atoms with E-state index in [1.807, 2.05) is 29.5 Å². The van der Waals surface area contributed by atoms with Crippen molar-refractivity contribution in [3.63, 3.8) is 0 Å². The first-order chi connectivity index (χ1) is 15.1. The minimum Gasteiger partial charge on any atom is -0.454 e. The summed E-state index contributed by atoms with van der Waals surface area (Å²) in [7, 11) is -3.79. The van der Waals surface area contributed by atoms with Crippen molar-refractivity contribution in [3.8, 4) is 11.5 Å². The number of ether oxygens (including phenoxy) is 1. The average Bonchev–Trinajstić information content (AvgIpc) is 3.07. The summed E-state index contributed by atoms with van der Waals surface area (Å²) in [4.78, 5) is 10.5. The van der Waals surface area contributed by atoms with E-state index in [-0.39, 0.29) is 26.4 Å². The Morgan fingerprint density at radius 3 is 2.25 bits per heavy atom. The number of aromatic nitrogens is 1. The van der Waals surface area contributed by atoms with Crippen LogP contribution in [0.4, 0.5) is 5.69 Å². The molecule has 4 aromatic rings. The van der Waals surface area contributed by atoms with Crippen molar-refractivity contribution in [3.05, 3.63) is 90.1 Å². The average molecular weight is 603 g/mol. The third-order valence-electron chi connectivity index (χ3n) is 4.68. The Morgan fingerprint density at radius 2 is 1.66 bits per heavy atom. The van der Waals surface area contributed by atoms with Crippen molar-refractivity contribution >= 4 is 72.4 Å². The maximum Gasteiger partial charge on any atom is 0.272 e. The Balaban J connectivity index is 1.75. The molecule has 0 radical (unpaired) electrons. The van der Waals surface area contributed by atoms with Crippen molar-refractivity contribution < 1.29 is 18.1 Å². The highest BCUT2D eigenvalue weighted by Gasteiger charge is 2.22. The minimum atomic E-state index is -3.79. The van der Waals surface area contributed by atoms with Crippen LogP contribution < -0.4 is 4.74 Å². The van der Waals surface area contributed by atoms with Crippen LogP contribution in [-0.2, 0) is 10.0 Å². The summed E-state index contributed by atoms with van der Waals surface area (Å²) in [6.07, 6.45) is 1.54. The quantitative estimate of drug-likeness (QED) is 0.142. The topological polar surface area (TPSA) is 91.4 Å². The van der Waals surface area contributed by atoms with Crippen LogP contribution in [0.3, 0.4) is 0 Å². The van der Waals surface area contributed by atoms with Crippen molar-refractivity contribution in [2.45, 2.75) is 11.8 Å². The molecule has 0 N–H and O–H groups in total. The molecule has 0 saturated heterocycles. The molecule has 0 aliphatic carbocycles.